The SMILES string of the molecule is C=CC(=O)N1CC[C@H](Oc2ccc3ncnc(Nc4cc(OCC5CC5)ccc4F)c3n2)C1. The molecule has 5 rings (SSSR count). The van der Waals surface area contributed by atoms with Crippen LogP contribution in [0.4, 0.5) is 15.9 Å². The second kappa shape index (κ2) is 9.01. The maximum atomic E-state index is 14.5. The molecule has 1 aliphatic carbocycles. The van der Waals surface area contributed by atoms with Crippen LogP contribution in [-0.2, 0) is 4.79 Å². The highest BCUT2D eigenvalue weighted by molar-refractivity contribution is 5.88. The number of benzene rings is 1. The molecule has 1 saturated heterocycles. The Labute approximate surface area is 190 Å². The van der Waals surface area contributed by atoms with E-state index in [2.05, 4.69) is 26.8 Å². The molecule has 2 aliphatic rings. The number of pyridine rings is 1. The van der Waals surface area contributed by atoms with Gasteiger partial charge in [0, 0.05) is 25.1 Å². The number of hydrogen-bond acceptors (Lipinski definition) is 7. The summed E-state index contributed by atoms with van der Waals surface area (Å²) in [6, 6.07) is 8.11. The van der Waals surface area contributed by atoms with E-state index >= 15 is 0 Å². The molecule has 2 fully saturated rings. The molecule has 170 valence electrons. The van der Waals surface area contributed by atoms with Crippen molar-refractivity contribution in [2.45, 2.75) is 25.4 Å². The zero-order valence-electron chi connectivity index (χ0n) is 18.0. The third-order valence-corrected chi connectivity index (χ3v) is 5.75. The molecule has 3 heterocycles. The highest BCUT2D eigenvalue weighted by Gasteiger charge is 2.27. The van der Waals surface area contributed by atoms with Crippen LogP contribution in [0.2, 0.25) is 0 Å². The molecular weight excluding hydrogens is 425 g/mol. The lowest BCUT2D eigenvalue weighted by molar-refractivity contribution is -0.125. The highest BCUT2D eigenvalue weighted by atomic mass is 19.1. The van der Waals surface area contributed by atoms with Crippen LogP contribution in [0, 0.1) is 11.7 Å². The van der Waals surface area contributed by atoms with E-state index < -0.39 is 5.82 Å². The van der Waals surface area contributed by atoms with Gasteiger partial charge in [0.1, 0.15) is 29.5 Å². The second-order valence-electron chi connectivity index (χ2n) is 8.28. The maximum Gasteiger partial charge on any atom is 0.246 e. The molecule has 1 amide bonds. The minimum atomic E-state index is -0.425. The van der Waals surface area contributed by atoms with Crippen LogP contribution < -0.4 is 14.8 Å². The highest BCUT2D eigenvalue weighted by Crippen LogP contribution is 2.32. The van der Waals surface area contributed by atoms with E-state index in [1.807, 2.05) is 0 Å². The van der Waals surface area contributed by atoms with E-state index in [1.54, 1.807) is 29.2 Å². The van der Waals surface area contributed by atoms with Crippen molar-refractivity contribution < 1.29 is 18.7 Å². The monoisotopic (exact) mass is 449 g/mol. The molecule has 0 spiro atoms. The number of rotatable bonds is 8. The summed E-state index contributed by atoms with van der Waals surface area (Å²) in [7, 11) is 0. The van der Waals surface area contributed by atoms with Crippen molar-refractivity contribution >= 4 is 28.4 Å². The molecule has 1 N–H and O–H groups in total. The van der Waals surface area contributed by atoms with Gasteiger partial charge in [0.05, 0.1) is 24.4 Å². The summed E-state index contributed by atoms with van der Waals surface area (Å²) >= 11 is 0. The lowest BCUT2D eigenvalue weighted by Gasteiger charge is -2.16. The van der Waals surface area contributed by atoms with Gasteiger partial charge in [-0.3, -0.25) is 4.79 Å². The first-order chi connectivity index (χ1) is 16.1. The fourth-order valence-electron chi connectivity index (χ4n) is 3.72. The average Bonchev–Trinajstić information content (AvgIpc) is 3.55. The van der Waals surface area contributed by atoms with E-state index in [0.29, 0.717) is 60.5 Å². The number of halogens is 1. The summed E-state index contributed by atoms with van der Waals surface area (Å²) in [5.41, 5.74) is 1.29. The summed E-state index contributed by atoms with van der Waals surface area (Å²) in [6.07, 6.45) is 5.59. The number of carbonyl (C=O) groups is 1. The number of nitrogens with zero attached hydrogens (tertiary/aromatic N) is 4. The number of likely N-dealkylation sites (tertiary alicyclic amines) is 1. The van der Waals surface area contributed by atoms with Gasteiger partial charge in [0.15, 0.2) is 5.82 Å². The van der Waals surface area contributed by atoms with Gasteiger partial charge in [-0.2, -0.15) is 0 Å². The molecule has 33 heavy (non-hydrogen) atoms. The van der Waals surface area contributed by atoms with Gasteiger partial charge in [0.2, 0.25) is 11.8 Å². The van der Waals surface area contributed by atoms with Crippen molar-refractivity contribution in [2.75, 3.05) is 25.0 Å². The number of hydrogen-bond donors (Lipinski definition) is 1. The Bertz CT molecular complexity index is 1200. The smallest absolute Gasteiger partial charge is 0.246 e. The van der Waals surface area contributed by atoms with Crippen molar-refractivity contribution in [3.8, 4) is 11.6 Å². The summed E-state index contributed by atoms with van der Waals surface area (Å²) in [5, 5.41) is 3.02. The number of ether oxygens (including phenoxy) is 2. The Balaban J connectivity index is 1.35. The van der Waals surface area contributed by atoms with Gasteiger partial charge in [-0.15, -0.1) is 0 Å². The number of fused-ring (bicyclic) bond motifs is 1. The molecule has 9 heteroatoms. The van der Waals surface area contributed by atoms with Crippen LogP contribution in [0.1, 0.15) is 19.3 Å². The van der Waals surface area contributed by atoms with E-state index in [4.69, 9.17) is 9.47 Å². The number of carbonyl (C=O) groups excluding carboxylic acids is 1. The van der Waals surface area contributed by atoms with Crippen molar-refractivity contribution in [2.24, 2.45) is 5.92 Å². The van der Waals surface area contributed by atoms with Gasteiger partial charge in [-0.25, -0.2) is 19.3 Å². The Morgan fingerprint density at radius 3 is 2.94 bits per heavy atom. The van der Waals surface area contributed by atoms with Crippen LogP contribution >= 0.6 is 0 Å². The average molecular weight is 449 g/mol. The summed E-state index contributed by atoms with van der Waals surface area (Å²) in [5.74, 6) is 1.41. The molecule has 2 aromatic heterocycles. The number of amides is 1. The maximum absolute atomic E-state index is 14.5. The minimum absolute atomic E-state index is 0.113. The Morgan fingerprint density at radius 1 is 1.24 bits per heavy atom. The molecule has 0 bridgehead atoms. The predicted octanol–water partition coefficient (Wildman–Crippen LogP) is 3.86. The first kappa shape index (κ1) is 21.1. The minimum Gasteiger partial charge on any atom is -0.493 e. The second-order valence-corrected chi connectivity index (χ2v) is 8.28. The summed E-state index contributed by atoms with van der Waals surface area (Å²) in [6.45, 7) is 5.25. The van der Waals surface area contributed by atoms with Crippen molar-refractivity contribution in [1.29, 1.82) is 0 Å². The fraction of sp³-hybridized carbons (Fsp3) is 0.333. The van der Waals surface area contributed by atoms with Crippen LogP contribution in [0.15, 0.2) is 49.3 Å². The normalized spacial score (nSPS) is 17.7. The largest absolute Gasteiger partial charge is 0.493 e. The molecule has 1 saturated carbocycles. The molecule has 0 radical (unpaired) electrons. The topological polar surface area (TPSA) is 89.5 Å². The fourth-order valence-corrected chi connectivity index (χ4v) is 3.72. The molecule has 1 aromatic carbocycles. The van der Waals surface area contributed by atoms with Gasteiger partial charge in [0.25, 0.3) is 0 Å². The molecule has 1 atom stereocenters. The number of aromatic nitrogens is 3. The van der Waals surface area contributed by atoms with Gasteiger partial charge in [-0.1, -0.05) is 6.58 Å². The Kier molecular flexibility index (Phi) is 5.77. The van der Waals surface area contributed by atoms with Crippen LogP contribution in [-0.4, -0.2) is 51.6 Å². The quantitative estimate of drug-likeness (QED) is 0.522. The van der Waals surface area contributed by atoms with E-state index in [-0.39, 0.29) is 17.7 Å². The third-order valence-electron chi connectivity index (χ3n) is 5.75. The van der Waals surface area contributed by atoms with Crippen LogP contribution in [0.25, 0.3) is 11.0 Å². The number of anilines is 2. The van der Waals surface area contributed by atoms with Crippen molar-refractivity contribution in [3.05, 3.63) is 55.1 Å². The Hall–Kier alpha value is -3.75. The standard InChI is InChI=1S/C24H24FN5O3/c1-2-22(31)30-10-9-17(12-30)33-21-8-7-19-23(29-21)24(27-14-26-19)28-20-11-16(5-6-18(20)25)32-13-15-3-4-15/h2,5-8,11,14-15,17H,1,3-4,9-10,12-13H2,(H,26,27,28)/t17-/m0/s1. The Morgan fingerprint density at radius 2 is 2.12 bits per heavy atom. The van der Waals surface area contributed by atoms with E-state index in [0.717, 1.165) is 0 Å². The number of nitrogens with one attached hydrogen (secondary N) is 1. The van der Waals surface area contributed by atoms with Crippen molar-refractivity contribution in [3.63, 3.8) is 0 Å². The lowest BCUT2D eigenvalue weighted by Crippen LogP contribution is -2.29. The van der Waals surface area contributed by atoms with E-state index in [1.165, 1.54) is 31.3 Å². The molecule has 1 aliphatic heterocycles. The molecule has 3 aromatic rings. The molecular formula is C24H24FN5O3. The zero-order valence-corrected chi connectivity index (χ0v) is 18.0. The van der Waals surface area contributed by atoms with Gasteiger partial charge in [-0.05, 0) is 43.0 Å². The lowest BCUT2D eigenvalue weighted by atomic mass is 10.2. The third kappa shape index (κ3) is 4.87. The zero-order chi connectivity index (χ0) is 22.8. The van der Waals surface area contributed by atoms with Crippen LogP contribution in [0.5, 0.6) is 11.6 Å². The molecule has 0 unspecified atom stereocenters. The van der Waals surface area contributed by atoms with Crippen LogP contribution in [0.3, 0.4) is 0 Å². The summed E-state index contributed by atoms with van der Waals surface area (Å²) < 4.78 is 26.3. The van der Waals surface area contributed by atoms with Crippen molar-refractivity contribution in [1.82, 2.24) is 19.9 Å². The first-order valence-corrected chi connectivity index (χ1v) is 11.0. The van der Waals surface area contributed by atoms with E-state index in [9.17, 15) is 9.18 Å². The molecule has 8 nitrogen and oxygen atoms in total. The predicted molar refractivity (Wildman–Crippen MR) is 121 cm³/mol. The van der Waals surface area contributed by atoms with Gasteiger partial charge < -0.3 is 19.7 Å². The van der Waals surface area contributed by atoms with Gasteiger partial charge >= 0.3 is 0 Å². The summed E-state index contributed by atoms with van der Waals surface area (Å²) in [4.78, 5) is 26.6. The first-order valence-electron chi connectivity index (χ1n) is 11.0.